The molecule has 7 heteroatoms. The van der Waals surface area contributed by atoms with Crippen LogP contribution in [0.25, 0.3) is 0 Å². The molecule has 0 atom stereocenters. The fraction of sp³-hybridized carbons (Fsp3) is 0.250. The van der Waals surface area contributed by atoms with Crippen LogP contribution in [0.3, 0.4) is 0 Å². The second kappa shape index (κ2) is 3.92. The van der Waals surface area contributed by atoms with Gasteiger partial charge in [0.05, 0.1) is 0 Å². The van der Waals surface area contributed by atoms with Crippen molar-refractivity contribution in [2.45, 2.75) is 12.6 Å². The number of pyridine rings is 1. The smallest absolute Gasteiger partial charge is 0.288 e. The van der Waals surface area contributed by atoms with E-state index in [1.807, 2.05) is 0 Å². The molecule has 82 valence electrons. The van der Waals surface area contributed by atoms with E-state index in [-0.39, 0.29) is 0 Å². The van der Waals surface area contributed by atoms with Crippen molar-refractivity contribution in [2.24, 2.45) is 0 Å². The van der Waals surface area contributed by atoms with Crippen molar-refractivity contribution in [1.29, 1.82) is 0 Å². The van der Waals surface area contributed by atoms with Gasteiger partial charge in [-0.2, -0.15) is 13.2 Å². The molecule has 1 heterocycles. The molecule has 1 aromatic heterocycles. The van der Waals surface area contributed by atoms with Crippen molar-refractivity contribution < 1.29 is 26.7 Å². The standard InChI is InChI=1S/C8H4F5NO/c9-7(10)6(15)4-1-2-14-5(3-4)8(11,12)13/h1-3,7H. The summed E-state index contributed by atoms with van der Waals surface area (Å²) in [6.07, 6.45) is -7.41. The van der Waals surface area contributed by atoms with Crippen LogP contribution in [0, 0.1) is 0 Å². The molecule has 0 unspecified atom stereocenters. The highest BCUT2D eigenvalue weighted by Crippen LogP contribution is 2.28. The molecule has 2 nitrogen and oxygen atoms in total. The zero-order valence-corrected chi connectivity index (χ0v) is 7.05. The molecule has 0 radical (unpaired) electrons. The number of hydrogen-bond acceptors (Lipinski definition) is 2. The van der Waals surface area contributed by atoms with Gasteiger partial charge in [-0.1, -0.05) is 0 Å². The Kier molecular flexibility index (Phi) is 3.01. The molecule has 0 saturated carbocycles. The lowest BCUT2D eigenvalue weighted by atomic mass is 10.1. The molecule has 1 aromatic rings. The molecular weight excluding hydrogens is 221 g/mol. The van der Waals surface area contributed by atoms with E-state index in [0.29, 0.717) is 12.3 Å². The van der Waals surface area contributed by atoms with Gasteiger partial charge in [0.2, 0.25) is 5.78 Å². The molecule has 0 amide bonds. The van der Waals surface area contributed by atoms with E-state index in [0.717, 1.165) is 6.07 Å². The fourth-order valence-corrected chi connectivity index (χ4v) is 0.865. The highest BCUT2D eigenvalue weighted by Gasteiger charge is 2.33. The Labute approximate surface area is 80.7 Å². The SMILES string of the molecule is O=C(c1ccnc(C(F)(F)F)c1)C(F)F. The average molecular weight is 225 g/mol. The predicted molar refractivity (Wildman–Crippen MR) is 39.6 cm³/mol. The van der Waals surface area contributed by atoms with Gasteiger partial charge in [-0.05, 0) is 12.1 Å². The molecule has 0 spiro atoms. The lowest BCUT2D eigenvalue weighted by Gasteiger charge is -2.06. The molecule has 15 heavy (non-hydrogen) atoms. The molecule has 0 saturated heterocycles. The molecule has 0 aliphatic carbocycles. The Hall–Kier alpha value is -1.53. The molecule has 0 N–H and O–H groups in total. The lowest BCUT2D eigenvalue weighted by molar-refractivity contribution is -0.141. The Morgan fingerprint density at radius 2 is 1.93 bits per heavy atom. The number of aromatic nitrogens is 1. The first-order chi connectivity index (χ1) is 6.82. The summed E-state index contributed by atoms with van der Waals surface area (Å²) in [5, 5.41) is 0. The van der Waals surface area contributed by atoms with Crippen LogP contribution in [0.15, 0.2) is 18.3 Å². The van der Waals surface area contributed by atoms with Crippen molar-refractivity contribution in [1.82, 2.24) is 4.98 Å². The van der Waals surface area contributed by atoms with Gasteiger partial charge in [0.15, 0.2) is 0 Å². The minimum atomic E-state index is -4.75. The molecule has 0 bridgehead atoms. The summed E-state index contributed by atoms with van der Waals surface area (Å²) in [4.78, 5) is 13.6. The summed E-state index contributed by atoms with van der Waals surface area (Å²) in [5.74, 6) is -1.65. The number of nitrogens with zero attached hydrogens (tertiary/aromatic N) is 1. The quantitative estimate of drug-likeness (QED) is 0.571. The molecule has 0 aliphatic rings. The molecule has 0 aromatic carbocycles. The van der Waals surface area contributed by atoms with Crippen LogP contribution >= 0.6 is 0 Å². The topological polar surface area (TPSA) is 30.0 Å². The van der Waals surface area contributed by atoms with E-state index < -0.39 is 29.6 Å². The van der Waals surface area contributed by atoms with E-state index in [2.05, 4.69) is 4.98 Å². The molecule has 1 rings (SSSR count). The monoisotopic (exact) mass is 225 g/mol. The van der Waals surface area contributed by atoms with E-state index in [4.69, 9.17) is 0 Å². The van der Waals surface area contributed by atoms with Gasteiger partial charge in [-0.25, -0.2) is 8.78 Å². The summed E-state index contributed by atoms with van der Waals surface area (Å²) < 4.78 is 60.0. The molecule has 0 fully saturated rings. The third-order valence-corrected chi connectivity index (χ3v) is 1.53. The normalized spacial score (nSPS) is 11.9. The third kappa shape index (κ3) is 2.71. The Morgan fingerprint density at radius 3 is 2.40 bits per heavy atom. The van der Waals surface area contributed by atoms with Crippen LogP contribution in [-0.4, -0.2) is 17.2 Å². The fourth-order valence-electron chi connectivity index (χ4n) is 0.865. The summed E-state index contributed by atoms with van der Waals surface area (Å²) in [6.45, 7) is 0. The maximum Gasteiger partial charge on any atom is 0.433 e. The van der Waals surface area contributed by atoms with Gasteiger partial charge in [0.1, 0.15) is 5.69 Å². The van der Waals surface area contributed by atoms with Crippen molar-refractivity contribution in [3.05, 3.63) is 29.6 Å². The Morgan fingerprint density at radius 1 is 1.33 bits per heavy atom. The van der Waals surface area contributed by atoms with Gasteiger partial charge in [0.25, 0.3) is 0 Å². The summed E-state index contributed by atoms with van der Waals surface area (Å²) in [7, 11) is 0. The van der Waals surface area contributed by atoms with Crippen molar-refractivity contribution in [3.8, 4) is 0 Å². The minimum absolute atomic E-state index is 0.300. The van der Waals surface area contributed by atoms with Gasteiger partial charge < -0.3 is 0 Å². The van der Waals surface area contributed by atoms with Crippen molar-refractivity contribution in [3.63, 3.8) is 0 Å². The highest BCUT2D eigenvalue weighted by atomic mass is 19.4. The lowest BCUT2D eigenvalue weighted by Crippen LogP contribution is -2.14. The van der Waals surface area contributed by atoms with Gasteiger partial charge in [-0.15, -0.1) is 0 Å². The number of hydrogen-bond donors (Lipinski definition) is 0. The average Bonchev–Trinajstić information content (AvgIpc) is 2.15. The van der Waals surface area contributed by atoms with E-state index in [1.54, 1.807) is 0 Å². The summed E-state index contributed by atoms with van der Waals surface area (Å²) in [6, 6.07) is 1.11. The summed E-state index contributed by atoms with van der Waals surface area (Å²) in [5.41, 5.74) is -2.07. The zero-order chi connectivity index (χ0) is 11.6. The number of rotatable bonds is 2. The summed E-state index contributed by atoms with van der Waals surface area (Å²) >= 11 is 0. The van der Waals surface area contributed by atoms with Crippen LogP contribution < -0.4 is 0 Å². The largest absolute Gasteiger partial charge is 0.433 e. The minimum Gasteiger partial charge on any atom is -0.288 e. The van der Waals surface area contributed by atoms with Gasteiger partial charge >= 0.3 is 12.6 Å². The second-order valence-electron chi connectivity index (χ2n) is 2.59. The van der Waals surface area contributed by atoms with Crippen LogP contribution in [0.4, 0.5) is 22.0 Å². The predicted octanol–water partition coefficient (Wildman–Crippen LogP) is 2.55. The van der Waals surface area contributed by atoms with Gasteiger partial charge in [0, 0.05) is 11.8 Å². The van der Waals surface area contributed by atoms with E-state index in [1.165, 1.54) is 0 Å². The maximum atomic E-state index is 12.1. The van der Waals surface area contributed by atoms with Gasteiger partial charge in [-0.3, -0.25) is 9.78 Å². The van der Waals surface area contributed by atoms with Crippen LogP contribution in [0.1, 0.15) is 16.1 Å². The third-order valence-electron chi connectivity index (χ3n) is 1.53. The first kappa shape index (κ1) is 11.5. The Bertz CT molecular complexity index is 374. The number of alkyl halides is 5. The van der Waals surface area contributed by atoms with Crippen LogP contribution in [0.2, 0.25) is 0 Å². The van der Waals surface area contributed by atoms with Crippen LogP contribution in [0.5, 0.6) is 0 Å². The Balaban J connectivity index is 3.09. The van der Waals surface area contributed by atoms with Crippen LogP contribution in [-0.2, 0) is 6.18 Å². The number of carbonyl (C=O) groups is 1. The molecular formula is C8H4F5NO. The van der Waals surface area contributed by atoms with Crippen molar-refractivity contribution >= 4 is 5.78 Å². The molecule has 0 aliphatic heterocycles. The second-order valence-corrected chi connectivity index (χ2v) is 2.59. The first-order valence-electron chi connectivity index (χ1n) is 3.68. The number of carbonyl (C=O) groups excluding carboxylic acids is 1. The van der Waals surface area contributed by atoms with E-state index in [9.17, 15) is 26.7 Å². The zero-order valence-electron chi connectivity index (χ0n) is 7.05. The van der Waals surface area contributed by atoms with Crippen molar-refractivity contribution in [2.75, 3.05) is 0 Å². The first-order valence-corrected chi connectivity index (χ1v) is 3.68. The number of ketones is 1. The maximum absolute atomic E-state index is 12.1. The number of Topliss-reactive ketones (excluding diaryl/α,β-unsaturated/α-hetero) is 1. The number of halogens is 5. The van der Waals surface area contributed by atoms with E-state index >= 15 is 0 Å². The highest BCUT2D eigenvalue weighted by molar-refractivity contribution is 5.98.